The minimum absolute atomic E-state index is 0.109. The molecule has 2 saturated heterocycles. The van der Waals surface area contributed by atoms with Crippen LogP contribution in [0.4, 0.5) is 5.82 Å². The maximum Gasteiger partial charge on any atom is 0.223 e. The van der Waals surface area contributed by atoms with E-state index in [0.717, 1.165) is 63.2 Å². The number of hydrogen-bond donors (Lipinski definition) is 3. The zero-order chi connectivity index (χ0) is 18.2. The van der Waals surface area contributed by atoms with E-state index in [1.807, 2.05) is 12.1 Å². The molecule has 3 fully saturated rings. The molecular weight excluding hydrogens is 344 g/mol. The third-order valence-electron chi connectivity index (χ3n) is 6.32. The molecule has 4 heterocycles. The molecule has 2 aromatic rings. The molecule has 1 aliphatic carbocycles. The molecule has 9 nitrogen and oxygen atoms in total. The molecule has 0 aromatic carbocycles. The van der Waals surface area contributed by atoms with Crippen LogP contribution in [0.2, 0.25) is 0 Å². The van der Waals surface area contributed by atoms with Gasteiger partial charge in [-0.1, -0.05) is 0 Å². The molecule has 3 aliphatic rings. The minimum Gasteiger partial charge on any atom is -0.355 e. The van der Waals surface area contributed by atoms with Gasteiger partial charge < -0.3 is 10.2 Å². The predicted molar refractivity (Wildman–Crippen MR) is 99.9 cm³/mol. The van der Waals surface area contributed by atoms with Crippen molar-refractivity contribution in [3.05, 3.63) is 18.5 Å². The van der Waals surface area contributed by atoms with Gasteiger partial charge in [-0.15, -0.1) is 15.3 Å². The zero-order valence-electron chi connectivity index (χ0n) is 15.3. The molecule has 5 rings (SSSR count). The van der Waals surface area contributed by atoms with Crippen LogP contribution in [0, 0.1) is 11.8 Å². The van der Waals surface area contributed by atoms with Crippen LogP contribution < -0.4 is 21.1 Å². The monoisotopic (exact) mass is 370 g/mol. The zero-order valence-corrected chi connectivity index (χ0v) is 15.3. The van der Waals surface area contributed by atoms with Crippen molar-refractivity contribution in [2.24, 2.45) is 11.8 Å². The van der Waals surface area contributed by atoms with Crippen molar-refractivity contribution in [2.75, 3.05) is 24.5 Å². The van der Waals surface area contributed by atoms with Gasteiger partial charge in [-0.3, -0.25) is 15.6 Å². The molecule has 0 radical (unpaired) electrons. The number of hydrazine groups is 1. The second-order valence-corrected chi connectivity index (χ2v) is 8.00. The van der Waals surface area contributed by atoms with Crippen molar-refractivity contribution in [2.45, 2.75) is 44.2 Å². The molecule has 0 spiro atoms. The van der Waals surface area contributed by atoms with E-state index in [0.29, 0.717) is 18.0 Å². The minimum atomic E-state index is 0.109. The van der Waals surface area contributed by atoms with Gasteiger partial charge in [0.2, 0.25) is 5.91 Å². The number of piperidine rings is 1. The lowest BCUT2D eigenvalue weighted by molar-refractivity contribution is -0.126. The quantitative estimate of drug-likeness (QED) is 0.705. The first-order valence-corrected chi connectivity index (χ1v) is 9.97. The summed E-state index contributed by atoms with van der Waals surface area (Å²) in [5.41, 5.74) is 7.34. The van der Waals surface area contributed by atoms with E-state index in [1.54, 1.807) is 10.8 Å². The first kappa shape index (κ1) is 16.9. The summed E-state index contributed by atoms with van der Waals surface area (Å²) in [7, 11) is 0. The number of fused-ring (bicyclic) bond motifs is 2. The van der Waals surface area contributed by atoms with Gasteiger partial charge in [-0.05, 0) is 50.2 Å². The van der Waals surface area contributed by atoms with Gasteiger partial charge in [0.15, 0.2) is 5.65 Å². The van der Waals surface area contributed by atoms with Crippen molar-refractivity contribution in [3.8, 4) is 0 Å². The molecule has 3 unspecified atom stereocenters. The Labute approximate surface area is 157 Å². The van der Waals surface area contributed by atoms with Crippen molar-refractivity contribution < 1.29 is 4.79 Å². The largest absolute Gasteiger partial charge is 0.355 e. The summed E-state index contributed by atoms with van der Waals surface area (Å²) in [6.07, 6.45) is 6.65. The number of amides is 1. The van der Waals surface area contributed by atoms with Gasteiger partial charge in [0.05, 0.1) is 0 Å². The summed E-state index contributed by atoms with van der Waals surface area (Å²) in [5, 5.41) is 15.7. The van der Waals surface area contributed by atoms with E-state index in [2.05, 4.69) is 36.4 Å². The normalized spacial score (nSPS) is 29.0. The first-order chi connectivity index (χ1) is 13.3. The summed E-state index contributed by atoms with van der Waals surface area (Å²) < 4.78 is 1.69. The van der Waals surface area contributed by atoms with E-state index in [4.69, 9.17) is 0 Å². The maximum absolute atomic E-state index is 12.7. The first-order valence-electron chi connectivity index (χ1n) is 9.97. The summed E-state index contributed by atoms with van der Waals surface area (Å²) in [4.78, 5) is 15.0. The van der Waals surface area contributed by atoms with Gasteiger partial charge in [0, 0.05) is 37.6 Å². The maximum atomic E-state index is 12.7. The van der Waals surface area contributed by atoms with Crippen molar-refractivity contribution in [1.82, 2.24) is 36.0 Å². The average molecular weight is 370 g/mol. The van der Waals surface area contributed by atoms with Gasteiger partial charge in [0.25, 0.3) is 0 Å². The fourth-order valence-corrected chi connectivity index (χ4v) is 4.71. The second kappa shape index (κ2) is 7.05. The number of carbonyl (C=O) groups is 1. The molecule has 3 N–H and O–H groups in total. The summed E-state index contributed by atoms with van der Waals surface area (Å²) in [6.45, 7) is 2.71. The van der Waals surface area contributed by atoms with E-state index < -0.39 is 0 Å². The third-order valence-corrected chi connectivity index (χ3v) is 6.32. The van der Waals surface area contributed by atoms with Crippen LogP contribution in [0.5, 0.6) is 0 Å². The standard InChI is InChI=1S/C18H26N8O/c27-18(21-14-1-2-15-13(9-14)10-19-22-15)12-5-7-25(8-6-12)17-4-3-16-23-20-11-26(16)24-17/h3-4,11-15,19,22H,1-2,5-10H2,(H,21,27). The number of rotatable bonds is 3. The lowest BCUT2D eigenvalue weighted by Crippen LogP contribution is -2.47. The summed E-state index contributed by atoms with van der Waals surface area (Å²) in [6, 6.07) is 4.82. The highest BCUT2D eigenvalue weighted by Gasteiger charge is 2.35. The Kier molecular flexibility index (Phi) is 4.41. The Hall–Kier alpha value is -2.26. The Bertz CT molecular complexity index is 815. The lowest BCUT2D eigenvalue weighted by Gasteiger charge is -2.35. The highest BCUT2D eigenvalue weighted by molar-refractivity contribution is 5.79. The lowest BCUT2D eigenvalue weighted by atomic mass is 9.82. The van der Waals surface area contributed by atoms with Crippen LogP contribution in [-0.4, -0.2) is 57.4 Å². The Morgan fingerprint density at radius 1 is 1.19 bits per heavy atom. The fourth-order valence-electron chi connectivity index (χ4n) is 4.71. The van der Waals surface area contributed by atoms with Crippen LogP contribution in [-0.2, 0) is 4.79 Å². The van der Waals surface area contributed by atoms with Crippen LogP contribution >= 0.6 is 0 Å². The molecule has 0 bridgehead atoms. The third kappa shape index (κ3) is 3.37. The fraction of sp³-hybridized carbons (Fsp3) is 0.667. The van der Waals surface area contributed by atoms with Crippen LogP contribution in [0.25, 0.3) is 5.65 Å². The van der Waals surface area contributed by atoms with E-state index in [1.165, 1.54) is 0 Å². The van der Waals surface area contributed by atoms with Crippen LogP contribution in [0.15, 0.2) is 18.5 Å². The number of nitrogens with one attached hydrogen (secondary N) is 3. The number of nitrogens with zero attached hydrogens (tertiary/aromatic N) is 5. The molecule has 1 saturated carbocycles. The Morgan fingerprint density at radius 2 is 2.07 bits per heavy atom. The van der Waals surface area contributed by atoms with E-state index >= 15 is 0 Å². The Balaban J connectivity index is 1.15. The Morgan fingerprint density at radius 3 is 2.96 bits per heavy atom. The SMILES string of the molecule is O=C(NC1CCC2NNCC2C1)C1CCN(c2ccc3nncn3n2)CC1. The highest BCUT2D eigenvalue weighted by atomic mass is 16.2. The van der Waals surface area contributed by atoms with Gasteiger partial charge in [-0.25, -0.2) is 0 Å². The summed E-state index contributed by atoms with van der Waals surface area (Å²) >= 11 is 0. The van der Waals surface area contributed by atoms with Crippen molar-refractivity contribution in [1.29, 1.82) is 0 Å². The van der Waals surface area contributed by atoms with E-state index in [-0.39, 0.29) is 11.8 Å². The molecule has 2 aliphatic heterocycles. The molecule has 2 aromatic heterocycles. The molecule has 27 heavy (non-hydrogen) atoms. The molecular formula is C18H26N8O. The number of hydrogen-bond acceptors (Lipinski definition) is 7. The van der Waals surface area contributed by atoms with Gasteiger partial charge in [-0.2, -0.15) is 4.52 Å². The topological polar surface area (TPSA) is 99.5 Å². The molecule has 3 atom stereocenters. The summed E-state index contributed by atoms with van der Waals surface area (Å²) in [5.74, 6) is 1.90. The number of anilines is 1. The van der Waals surface area contributed by atoms with Gasteiger partial charge >= 0.3 is 0 Å². The van der Waals surface area contributed by atoms with Crippen molar-refractivity contribution >= 4 is 17.4 Å². The van der Waals surface area contributed by atoms with Crippen LogP contribution in [0.1, 0.15) is 32.1 Å². The van der Waals surface area contributed by atoms with Gasteiger partial charge in [0.1, 0.15) is 12.1 Å². The molecule has 144 valence electrons. The average Bonchev–Trinajstić information content (AvgIpc) is 3.36. The highest BCUT2D eigenvalue weighted by Crippen LogP contribution is 2.28. The molecule has 1 amide bonds. The van der Waals surface area contributed by atoms with Crippen LogP contribution in [0.3, 0.4) is 0 Å². The molecule has 9 heteroatoms. The van der Waals surface area contributed by atoms with E-state index in [9.17, 15) is 4.79 Å². The predicted octanol–water partition coefficient (Wildman–Crippen LogP) is 0.102. The number of aromatic nitrogens is 4. The van der Waals surface area contributed by atoms with Crippen molar-refractivity contribution in [3.63, 3.8) is 0 Å². The smallest absolute Gasteiger partial charge is 0.223 e. The number of carbonyl (C=O) groups excluding carboxylic acids is 1. The second-order valence-electron chi connectivity index (χ2n) is 8.00.